The molecule has 118 valence electrons. The molecule has 0 radical (unpaired) electrons. The van der Waals surface area contributed by atoms with Crippen molar-refractivity contribution < 1.29 is 0 Å². The number of aryl methyl sites for hydroxylation is 1. The van der Waals surface area contributed by atoms with E-state index in [1.807, 2.05) is 12.2 Å². The predicted molar refractivity (Wildman–Crippen MR) is 101 cm³/mol. The van der Waals surface area contributed by atoms with Crippen molar-refractivity contribution in [2.75, 3.05) is 29.9 Å². The molecular weight excluding hydrogens is 316 g/mol. The van der Waals surface area contributed by atoms with Crippen LogP contribution in [0.5, 0.6) is 0 Å². The Labute approximate surface area is 141 Å². The lowest BCUT2D eigenvalue weighted by Gasteiger charge is -2.21. The number of fused-ring (bicyclic) bond motifs is 1. The maximum Gasteiger partial charge on any atom is 0.225 e. The van der Waals surface area contributed by atoms with Crippen molar-refractivity contribution >= 4 is 45.7 Å². The van der Waals surface area contributed by atoms with Crippen LogP contribution >= 0.6 is 23.7 Å². The summed E-state index contributed by atoms with van der Waals surface area (Å²) in [6.45, 7) is 15.5. The fraction of sp³-hybridized carbons (Fsp3) is 0.250. The van der Waals surface area contributed by atoms with E-state index in [-0.39, 0.29) is 12.4 Å². The minimum Gasteiger partial charge on any atom is -0.351 e. The molecule has 2 aromatic rings. The number of hydrogen-bond acceptors (Lipinski definition) is 5. The molecule has 2 heterocycles. The van der Waals surface area contributed by atoms with Crippen molar-refractivity contribution in [3.8, 4) is 0 Å². The molecule has 0 atom stereocenters. The maximum atomic E-state index is 4.66. The van der Waals surface area contributed by atoms with E-state index in [0.29, 0.717) is 12.5 Å². The summed E-state index contributed by atoms with van der Waals surface area (Å²) in [4.78, 5) is 11.4. The van der Waals surface area contributed by atoms with Gasteiger partial charge in [-0.2, -0.15) is 4.98 Å². The summed E-state index contributed by atoms with van der Waals surface area (Å²) in [5.74, 6) is 1.54. The molecule has 0 bridgehead atoms. The zero-order valence-electron chi connectivity index (χ0n) is 12.7. The number of nitrogens with one attached hydrogen (secondary N) is 1. The highest BCUT2D eigenvalue weighted by Crippen LogP contribution is 2.32. The van der Waals surface area contributed by atoms with Crippen LogP contribution < -0.4 is 10.2 Å². The molecule has 0 aromatic carbocycles. The number of rotatable bonds is 8. The summed E-state index contributed by atoms with van der Waals surface area (Å²) in [5, 5.41) is 5.28. The minimum absolute atomic E-state index is 0. The molecule has 0 spiro atoms. The van der Waals surface area contributed by atoms with E-state index in [9.17, 15) is 0 Å². The lowest BCUT2D eigenvalue weighted by Crippen LogP contribution is -2.24. The van der Waals surface area contributed by atoms with Gasteiger partial charge >= 0.3 is 0 Å². The molecule has 0 aliphatic carbocycles. The zero-order valence-corrected chi connectivity index (χ0v) is 14.3. The van der Waals surface area contributed by atoms with Gasteiger partial charge in [-0.3, -0.25) is 0 Å². The zero-order chi connectivity index (χ0) is 15.2. The number of anilines is 2. The molecular formula is C16H21ClN4S. The van der Waals surface area contributed by atoms with Crippen LogP contribution in [0.15, 0.2) is 43.3 Å². The van der Waals surface area contributed by atoms with Crippen molar-refractivity contribution in [1.82, 2.24) is 9.97 Å². The summed E-state index contributed by atoms with van der Waals surface area (Å²) in [5.41, 5.74) is 2.16. The van der Waals surface area contributed by atoms with Gasteiger partial charge in [0.15, 0.2) is 5.82 Å². The Hall–Kier alpha value is -1.85. The first-order valence-electron chi connectivity index (χ1n) is 6.78. The third-order valence-electron chi connectivity index (χ3n) is 2.98. The molecule has 0 saturated carbocycles. The van der Waals surface area contributed by atoms with Gasteiger partial charge in [-0.15, -0.1) is 43.5 Å². The number of aromatic nitrogens is 2. The SMILES string of the molecule is C=CCNc1nc(N(CC=C)CC=C)c2scc(C)c2n1.Cl. The van der Waals surface area contributed by atoms with E-state index >= 15 is 0 Å². The van der Waals surface area contributed by atoms with Gasteiger partial charge in [-0.1, -0.05) is 18.2 Å². The largest absolute Gasteiger partial charge is 0.351 e. The van der Waals surface area contributed by atoms with E-state index in [1.54, 1.807) is 17.4 Å². The molecule has 0 unspecified atom stereocenters. The van der Waals surface area contributed by atoms with Crippen molar-refractivity contribution in [3.05, 3.63) is 48.9 Å². The van der Waals surface area contributed by atoms with E-state index in [0.717, 1.165) is 34.7 Å². The number of hydrogen-bond donors (Lipinski definition) is 1. The molecule has 4 nitrogen and oxygen atoms in total. The summed E-state index contributed by atoms with van der Waals surface area (Å²) in [6, 6.07) is 0. The van der Waals surface area contributed by atoms with Crippen LogP contribution in [0, 0.1) is 6.92 Å². The molecule has 0 saturated heterocycles. The van der Waals surface area contributed by atoms with Crippen LogP contribution in [0.3, 0.4) is 0 Å². The van der Waals surface area contributed by atoms with Gasteiger partial charge in [0.25, 0.3) is 0 Å². The number of halogens is 1. The monoisotopic (exact) mass is 336 g/mol. The smallest absolute Gasteiger partial charge is 0.225 e. The Balaban J connectivity index is 0.00000242. The van der Waals surface area contributed by atoms with Gasteiger partial charge in [0.2, 0.25) is 5.95 Å². The highest BCUT2D eigenvalue weighted by molar-refractivity contribution is 7.18. The van der Waals surface area contributed by atoms with Crippen LogP contribution in [0.1, 0.15) is 5.56 Å². The predicted octanol–water partition coefficient (Wildman–Crippen LogP) is 4.20. The van der Waals surface area contributed by atoms with Gasteiger partial charge in [-0.05, 0) is 17.9 Å². The van der Waals surface area contributed by atoms with E-state index in [1.165, 1.54) is 0 Å². The summed E-state index contributed by atoms with van der Waals surface area (Å²) < 4.78 is 1.10. The van der Waals surface area contributed by atoms with Crippen molar-refractivity contribution in [2.45, 2.75) is 6.92 Å². The molecule has 2 aromatic heterocycles. The highest BCUT2D eigenvalue weighted by Gasteiger charge is 2.15. The molecule has 6 heteroatoms. The lowest BCUT2D eigenvalue weighted by molar-refractivity contribution is 0.929. The average molecular weight is 337 g/mol. The Kier molecular flexibility index (Phi) is 7.08. The topological polar surface area (TPSA) is 41.1 Å². The van der Waals surface area contributed by atoms with E-state index in [2.05, 4.69) is 52.2 Å². The average Bonchev–Trinajstić information content (AvgIpc) is 2.86. The first-order valence-corrected chi connectivity index (χ1v) is 7.66. The normalized spacial score (nSPS) is 9.86. The summed E-state index contributed by atoms with van der Waals surface area (Å²) in [7, 11) is 0. The summed E-state index contributed by atoms with van der Waals surface area (Å²) >= 11 is 1.67. The standard InChI is InChI=1S/C16H20N4S.ClH/c1-5-8-17-16-18-13-12(4)11-21-14(13)15(19-16)20(9-6-2)10-7-3;/h5-7,11H,1-3,8-10H2,4H3,(H,17,18,19);1H. The van der Waals surface area contributed by atoms with Crippen molar-refractivity contribution in [1.29, 1.82) is 0 Å². The van der Waals surface area contributed by atoms with Crippen LogP contribution in [-0.4, -0.2) is 29.6 Å². The van der Waals surface area contributed by atoms with Crippen LogP contribution in [-0.2, 0) is 0 Å². The Morgan fingerprint density at radius 3 is 2.45 bits per heavy atom. The molecule has 0 fully saturated rings. The van der Waals surface area contributed by atoms with Crippen molar-refractivity contribution in [3.63, 3.8) is 0 Å². The molecule has 2 rings (SSSR count). The molecule has 1 N–H and O–H groups in total. The first kappa shape index (κ1) is 18.2. The Morgan fingerprint density at radius 2 is 1.86 bits per heavy atom. The number of nitrogens with zero attached hydrogens (tertiary/aromatic N) is 3. The van der Waals surface area contributed by atoms with Crippen LogP contribution in [0.2, 0.25) is 0 Å². The molecule has 0 aliphatic rings. The lowest BCUT2D eigenvalue weighted by atomic mass is 10.3. The fourth-order valence-corrected chi connectivity index (χ4v) is 3.04. The fourth-order valence-electron chi connectivity index (χ4n) is 2.03. The molecule has 0 aliphatic heterocycles. The van der Waals surface area contributed by atoms with E-state index < -0.39 is 0 Å². The Bertz CT molecular complexity index is 655. The quantitative estimate of drug-likeness (QED) is 0.733. The van der Waals surface area contributed by atoms with Gasteiger partial charge in [0.1, 0.15) is 0 Å². The van der Waals surface area contributed by atoms with Gasteiger partial charge in [0.05, 0.1) is 10.2 Å². The highest BCUT2D eigenvalue weighted by atomic mass is 35.5. The minimum atomic E-state index is 0. The molecule has 0 amide bonds. The maximum absolute atomic E-state index is 4.66. The third-order valence-corrected chi connectivity index (χ3v) is 4.06. The van der Waals surface area contributed by atoms with Crippen molar-refractivity contribution in [2.24, 2.45) is 0 Å². The second kappa shape index (κ2) is 8.56. The summed E-state index contributed by atoms with van der Waals surface area (Å²) in [6.07, 6.45) is 5.53. The van der Waals surface area contributed by atoms with Gasteiger partial charge in [-0.25, -0.2) is 4.98 Å². The Morgan fingerprint density at radius 1 is 1.18 bits per heavy atom. The van der Waals surface area contributed by atoms with Crippen LogP contribution in [0.4, 0.5) is 11.8 Å². The second-order valence-corrected chi connectivity index (χ2v) is 5.50. The van der Waals surface area contributed by atoms with Crippen LogP contribution in [0.25, 0.3) is 10.2 Å². The van der Waals surface area contributed by atoms with E-state index in [4.69, 9.17) is 0 Å². The number of thiophene rings is 1. The third kappa shape index (κ3) is 3.87. The first-order chi connectivity index (χ1) is 10.2. The molecule has 22 heavy (non-hydrogen) atoms. The van der Waals surface area contributed by atoms with Gasteiger partial charge < -0.3 is 10.2 Å². The second-order valence-electron chi connectivity index (χ2n) is 4.62. The van der Waals surface area contributed by atoms with Gasteiger partial charge in [0, 0.05) is 19.6 Å².